The second-order valence-corrected chi connectivity index (χ2v) is 7.63. The number of nitrogens with zero attached hydrogens (tertiary/aromatic N) is 1. The number of aryl methyl sites for hydroxylation is 3. The first kappa shape index (κ1) is 20.6. The second-order valence-electron chi connectivity index (χ2n) is 7.63. The average molecular weight is 394 g/mol. The van der Waals surface area contributed by atoms with Crippen molar-refractivity contribution in [2.75, 3.05) is 16.8 Å². The van der Waals surface area contributed by atoms with Gasteiger partial charge in [-0.1, -0.05) is 35.4 Å². The van der Waals surface area contributed by atoms with Crippen LogP contribution in [-0.2, 0) is 19.1 Å². The largest absolute Gasteiger partial charge is 0.452 e. The zero-order chi connectivity index (χ0) is 21.1. The van der Waals surface area contributed by atoms with E-state index in [9.17, 15) is 14.4 Å². The summed E-state index contributed by atoms with van der Waals surface area (Å²) in [7, 11) is 0. The van der Waals surface area contributed by atoms with Crippen LogP contribution in [0.15, 0.2) is 42.5 Å². The van der Waals surface area contributed by atoms with Crippen LogP contribution in [0.5, 0.6) is 0 Å². The molecule has 3 rings (SSSR count). The molecule has 1 heterocycles. The van der Waals surface area contributed by atoms with Crippen molar-refractivity contribution >= 4 is 29.2 Å². The van der Waals surface area contributed by atoms with Crippen LogP contribution in [0.1, 0.15) is 30.0 Å². The molecule has 6 nitrogen and oxygen atoms in total. The third kappa shape index (κ3) is 4.83. The Balaban J connectivity index is 1.58. The molecule has 2 aromatic carbocycles. The lowest BCUT2D eigenvalue weighted by molar-refractivity contribution is -0.157. The number of benzene rings is 2. The standard InChI is InChI=1S/C23H26N2O4/c1-14-5-8-19(9-6-14)25-13-18(12-21(25)26)23(28)29-17(4)22(27)24-20-10-7-15(2)11-16(20)3/h5-11,17-18H,12-13H2,1-4H3,(H,24,27)/t17-,18-/m0/s1. The van der Waals surface area contributed by atoms with Gasteiger partial charge in [-0.25, -0.2) is 0 Å². The van der Waals surface area contributed by atoms with Gasteiger partial charge in [-0.15, -0.1) is 0 Å². The lowest BCUT2D eigenvalue weighted by Gasteiger charge is -2.18. The van der Waals surface area contributed by atoms with Gasteiger partial charge < -0.3 is 15.0 Å². The number of hydrogen-bond acceptors (Lipinski definition) is 4. The number of hydrogen-bond donors (Lipinski definition) is 1. The maximum absolute atomic E-state index is 12.5. The summed E-state index contributed by atoms with van der Waals surface area (Å²) in [4.78, 5) is 38.9. The highest BCUT2D eigenvalue weighted by Crippen LogP contribution is 2.26. The molecule has 1 saturated heterocycles. The minimum Gasteiger partial charge on any atom is -0.452 e. The first-order chi connectivity index (χ1) is 13.7. The second kappa shape index (κ2) is 8.47. The molecule has 1 fully saturated rings. The van der Waals surface area contributed by atoms with Gasteiger partial charge in [0.2, 0.25) is 5.91 Å². The van der Waals surface area contributed by atoms with Gasteiger partial charge in [0.25, 0.3) is 5.91 Å². The number of esters is 1. The molecule has 0 spiro atoms. The van der Waals surface area contributed by atoms with Gasteiger partial charge in [0, 0.05) is 24.3 Å². The predicted octanol–water partition coefficient (Wildman–Crippen LogP) is 3.54. The molecule has 2 amide bonds. The Labute approximate surface area is 170 Å². The van der Waals surface area contributed by atoms with Crippen molar-refractivity contribution in [2.24, 2.45) is 5.92 Å². The number of anilines is 2. The average Bonchev–Trinajstić information content (AvgIpc) is 3.06. The highest BCUT2D eigenvalue weighted by atomic mass is 16.5. The van der Waals surface area contributed by atoms with Gasteiger partial charge in [0.15, 0.2) is 6.10 Å². The summed E-state index contributed by atoms with van der Waals surface area (Å²) in [5.41, 5.74) is 4.58. The molecule has 1 aliphatic heterocycles. The van der Waals surface area contributed by atoms with Gasteiger partial charge in [-0.3, -0.25) is 14.4 Å². The van der Waals surface area contributed by atoms with Crippen LogP contribution in [0, 0.1) is 26.7 Å². The summed E-state index contributed by atoms with van der Waals surface area (Å²) in [5.74, 6) is -1.63. The van der Waals surface area contributed by atoms with Crippen LogP contribution in [0.25, 0.3) is 0 Å². The molecule has 0 aromatic heterocycles. The van der Waals surface area contributed by atoms with Crippen LogP contribution < -0.4 is 10.2 Å². The van der Waals surface area contributed by atoms with Gasteiger partial charge >= 0.3 is 5.97 Å². The Hall–Kier alpha value is -3.15. The van der Waals surface area contributed by atoms with Crippen molar-refractivity contribution in [1.29, 1.82) is 0 Å². The Morgan fingerprint density at radius 3 is 2.38 bits per heavy atom. The van der Waals surface area contributed by atoms with E-state index in [1.165, 1.54) is 6.92 Å². The maximum atomic E-state index is 12.5. The van der Waals surface area contributed by atoms with E-state index in [0.717, 1.165) is 22.4 Å². The van der Waals surface area contributed by atoms with Crippen molar-refractivity contribution in [3.8, 4) is 0 Å². The van der Waals surface area contributed by atoms with Gasteiger partial charge in [0.05, 0.1) is 5.92 Å². The van der Waals surface area contributed by atoms with E-state index in [1.807, 2.05) is 63.2 Å². The quantitative estimate of drug-likeness (QED) is 0.787. The number of amides is 2. The Kier molecular flexibility index (Phi) is 6.01. The monoisotopic (exact) mass is 394 g/mol. The molecule has 29 heavy (non-hydrogen) atoms. The topological polar surface area (TPSA) is 75.7 Å². The predicted molar refractivity (Wildman–Crippen MR) is 112 cm³/mol. The summed E-state index contributed by atoms with van der Waals surface area (Å²) >= 11 is 0. The van der Waals surface area contributed by atoms with Crippen molar-refractivity contribution in [2.45, 2.75) is 40.2 Å². The number of ether oxygens (including phenoxy) is 1. The molecule has 2 aromatic rings. The van der Waals surface area contributed by atoms with E-state index < -0.39 is 23.9 Å². The fraction of sp³-hybridized carbons (Fsp3) is 0.348. The molecule has 1 aliphatic rings. The number of carbonyl (C=O) groups excluding carboxylic acids is 3. The first-order valence-electron chi connectivity index (χ1n) is 9.70. The fourth-order valence-electron chi connectivity index (χ4n) is 3.35. The third-order valence-corrected chi connectivity index (χ3v) is 5.11. The SMILES string of the molecule is Cc1ccc(N2C[C@@H](C(=O)O[C@@H](C)C(=O)Nc3ccc(C)cc3C)CC2=O)cc1. The number of rotatable bonds is 5. The third-order valence-electron chi connectivity index (χ3n) is 5.11. The molecular weight excluding hydrogens is 368 g/mol. The van der Waals surface area contributed by atoms with E-state index in [2.05, 4.69) is 5.32 Å². The van der Waals surface area contributed by atoms with Crippen molar-refractivity contribution in [3.63, 3.8) is 0 Å². The number of carbonyl (C=O) groups is 3. The van der Waals surface area contributed by atoms with Crippen molar-refractivity contribution in [1.82, 2.24) is 0 Å². The van der Waals surface area contributed by atoms with E-state index in [4.69, 9.17) is 4.74 Å². The molecule has 152 valence electrons. The van der Waals surface area contributed by atoms with Crippen LogP contribution in [0.3, 0.4) is 0 Å². The summed E-state index contributed by atoms with van der Waals surface area (Å²) in [5, 5.41) is 2.79. The zero-order valence-electron chi connectivity index (χ0n) is 17.2. The molecule has 0 unspecified atom stereocenters. The smallest absolute Gasteiger partial charge is 0.312 e. The van der Waals surface area contributed by atoms with Crippen LogP contribution in [0.2, 0.25) is 0 Å². The highest BCUT2D eigenvalue weighted by molar-refractivity contribution is 6.00. The van der Waals surface area contributed by atoms with Gasteiger partial charge in [0.1, 0.15) is 0 Å². The van der Waals surface area contributed by atoms with Crippen LogP contribution in [-0.4, -0.2) is 30.4 Å². The lowest BCUT2D eigenvalue weighted by atomic mass is 10.1. The minimum atomic E-state index is -0.952. The molecule has 2 atom stereocenters. The van der Waals surface area contributed by atoms with E-state index in [0.29, 0.717) is 5.69 Å². The molecule has 0 radical (unpaired) electrons. The van der Waals surface area contributed by atoms with E-state index in [-0.39, 0.29) is 18.9 Å². The minimum absolute atomic E-state index is 0.0815. The Morgan fingerprint density at radius 2 is 1.72 bits per heavy atom. The fourth-order valence-corrected chi connectivity index (χ4v) is 3.35. The molecular formula is C23H26N2O4. The normalized spacial score (nSPS) is 17.2. The number of nitrogens with one attached hydrogen (secondary N) is 1. The molecule has 0 bridgehead atoms. The summed E-state index contributed by atoms with van der Waals surface area (Å²) < 4.78 is 5.35. The van der Waals surface area contributed by atoms with E-state index >= 15 is 0 Å². The first-order valence-corrected chi connectivity index (χ1v) is 9.70. The van der Waals surface area contributed by atoms with Crippen molar-refractivity contribution in [3.05, 3.63) is 59.2 Å². The van der Waals surface area contributed by atoms with Crippen LogP contribution in [0.4, 0.5) is 11.4 Å². The summed E-state index contributed by atoms with van der Waals surface area (Å²) in [6.07, 6.45) is -0.871. The van der Waals surface area contributed by atoms with Crippen molar-refractivity contribution < 1.29 is 19.1 Å². The zero-order valence-corrected chi connectivity index (χ0v) is 17.2. The molecule has 0 aliphatic carbocycles. The summed E-state index contributed by atoms with van der Waals surface area (Å²) in [6.45, 7) is 7.65. The molecule has 1 N–H and O–H groups in total. The van der Waals surface area contributed by atoms with Gasteiger partial charge in [-0.05, 0) is 51.5 Å². The molecule has 0 saturated carbocycles. The maximum Gasteiger partial charge on any atom is 0.312 e. The molecule has 6 heteroatoms. The van der Waals surface area contributed by atoms with E-state index in [1.54, 1.807) is 4.90 Å². The van der Waals surface area contributed by atoms with Crippen LogP contribution >= 0.6 is 0 Å². The Bertz CT molecular complexity index is 936. The lowest BCUT2D eigenvalue weighted by Crippen LogP contribution is -2.33. The highest BCUT2D eigenvalue weighted by Gasteiger charge is 2.37. The van der Waals surface area contributed by atoms with Gasteiger partial charge in [-0.2, -0.15) is 0 Å². The summed E-state index contributed by atoms with van der Waals surface area (Å²) in [6, 6.07) is 13.3. The Morgan fingerprint density at radius 1 is 1.07 bits per heavy atom.